The van der Waals surface area contributed by atoms with E-state index in [4.69, 9.17) is 66.2 Å². The molecule has 16 aromatic rings. The Morgan fingerprint density at radius 3 is 1.90 bits per heavy atom. The molecular weight excluding hydrogens is 2080 g/mol. The second-order valence-corrected chi connectivity index (χ2v) is 39.8. The standard InChI is InChI=1S/C22H16N2O3S.C21H25ClN2O2.C18H15IN4O4S.C17H13NO2S2.C15H11ClN2OS.C15H14ClNO2/c1-13-6-11-18-19(12-13)28-21(24-18)14-7-9-15(10-8-14)23-20(25)16-4-2-3-5-17(16)22(26)27;1-4-12-21(2)23-17(14-8-10-15(22)11-9-14)13-18(24-21)16-6-5-7-19(26-3)20(16)25;1-27-17-10-16(20-11-21-17)23-28(25,26)13-8-6-12(7-9-13)22-18(24)14-4-2-3-5-15(14)19;19-14-8-6-12(7-9-14)10-15-16(20)18(17(21)22-15)11-13-4-2-1-3-5-13;16-13-11-6-1-2-7-12(11)20-14(13)15(19)18-9-10-5-3-4-8-17-10;1-10-7-8-11(9-13(10)16)17-15(18)12-5-3-4-6-14(12)19-2/h2-12H,1H3,(H,23,25)(H,26,27);5-11,18,24-25H,4,12-13H2,1-3H3;2-11H,1H3,(H,22,24)(H,20,21,23);1-10,19H,11H2;1-8H,9H2,(H,18,19);3-9H,1-2H3,(H,17,18)/b;;;15-10+;;. The van der Waals surface area contributed by atoms with Crippen LogP contribution in [0.4, 0.5) is 22.9 Å². The van der Waals surface area contributed by atoms with Crippen molar-refractivity contribution in [2.75, 3.05) is 42.0 Å². The van der Waals surface area contributed by atoms with Gasteiger partial charge in [0.15, 0.2) is 11.5 Å². The lowest BCUT2D eigenvalue weighted by Crippen LogP contribution is -2.47. The van der Waals surface area contributed by atoms with Crippen molar-refractivity contribution in [1.82, 2.24) is 35.5 Å². The number of aryl methyl sites for hydroxylation is 2. The Morgan fingerprint density at radius 1 is 0.615 bits per heavy atom. The van der Waals surface area contributed by atoms with E-state index in [1.807, 2.05) is 171 Å². The summed E-state index contributed by atoms with van der Waals surface area (Å²) in [7, 11) is 0.670. The molecule has 6 heterocycles. The molecule has 0 aliphatic carbocycles. The third-order valence-electron chi connectivity index (χ3n) is 21.7. The van der Waals surface area contributed by atoms with Gasteiger partial charge in [0, 0.05) is 82.3 Å². The molecule has 18 rings (SSSR count). The van der Waals surface area contributed by atoms with E-state index in [-0.39, 0.29) is 74.6 Å². The number of carbonyl (C=O) groups excluding carboxylic acids is 5. The number of aromatic hydroxyl groups is 2. The van der Waals surface area contributed by atoms with E-state index in [2.05, 4.69) is 101 Å². The number of aromatic nitrogens is 4. The lowest BCUT2D eigenvalue weighted by atomic mass is 9.90. The highest BCUT2D eigenvalue weighted by Gasteiger charge is 2.36. The average molecular weight is 2180 g/mol. The Balaban J connectivity index is 0.000000145. The summed E-state index contributed by atoms with van der Waals surface area (Å²) in [6, 6.07) is 89.6. The Labute approximate surface area is 872 Å². The van der Waals surface area contributed by atoms with Gasteiger partial charge in [-0.15, -0.1) is 22.7 Å². The quantitative estimate of drug-likeness (QED) is 0.0154. The molecule has 0 saturated carbocycles. The number of carbonyl (C=O) groups is 6. The molecule has 2 aliphatic heterocycles. The van der Waals surface area contributed by atoms with Crippen molar-refractivity contribution in [3.63, 3.8) is 0 Å². The number of thioether (sulfide) groups is 1. The number of thiocarbonyl (C=S) groups is 1. The van der Waals surface area contributed by atoms with Crippen LogP contribution in [-0.2, 0) is 27.9 Å². The van der Waals surface area contributed by atoms with Gasteiger partial charge >= 0.3 is 5.97 Å². The number of phenols is 2. The predicted octanol–water partition coefficient (Wildman–Crippen LogP) is 25.0. The zero-order chi connectivity index (χ0) is 102. The van der Waals surface area contributed by atoms with Crippen LogP contribution in [0, 0.1) is 17.4 Å². The molecule has 5 amide bonds. The van der Waals surface area contributed by atoms with Gasteiger partial charge in [0.25, 0.3) is 39.6 Å². The fourth-order valence-electron chi connectivity index (χ4n) is 14.5. The number of nitrogens with zero attached hydrogens (tertiary/aromatic N) is 6. The first-order valence-electron chi connectivity index (χ1n) is 44.1. The van der Waals surface area contributed by atoms with Crippen molar-refractivity contribution in [2.45, 2.75) is 76.6 Å². The van der Waals surface area contributed by atoms with Crippen LogP contribution in [0.3, 0.4) is 0 Å². The minimum absolute atomic E-state index is 0.0253. The van der Waals surface area contributed by atoms with Gasteiger partial charge in [0.05, 0.1) is 87.4 Å². The number of para-hydroxylation sites is 2. The average Bonchev–Trinajstić information content (AvgIpc) is 1.40. The number of pyridine rings is 1. The summed E-state index contributed by atoms with van der Waals surface area (Å²) in [5.74, 6) is -0.594. The predicted molar refractivity (Wildman–Crippen MR) is 583 cm³/mol. The SMILES string of the molecule is CCCC1(C)N=C(c2ccc(Cl)cc2)CC(c2cccc(OC)c2O)N1.COc1cc(NS(=O)(=O)c2ccc(NC(=O)c3ccccc3I)cc2)ncn1.COc1ccccc1C(=O)Nc1ccc(C)c(Cl)c1.Cc1ccc2nc(-c3ccc(NC(=O)c4ccccc4C(=O)O)cc3)sc2c1.O=C(NCc1ccccn1)c1sc2ccccc2c1Cl.O=C1/C(=C\c2ccc(O)cc2)SC(=S)N1Cc1ccccc1. The molecule has 728 valence electrons. The number of thiazole rings is 1. The van der Waals surface area contributed by atoms with Crippen LogP contribution in [0.15, 0.2) is 331 Å². The van der Waals surface area contributed by atoms with E-state index in [0.717, 1.165) is 86.5 Å². The molecule has 2 atom stereocenters. The maximum atomic E-state index is 12.5. The number of phenolic OH excluding ortho intramolecular Hbond substituents is 2. The molecule has 1 fully saturated rings. The van der Waals surface area contributed by atoms with Crippen molar-refractivity contribution < 1.29 is 66.7 Å². The minimum Gasteiger partial charge on any atom is -0.508 e. The van der Waals surface area contributed by atoms with E-state index in [9.17, 15) is 52.5 Å². The first kappa shape index (κ1) is 106. The van der Waals surface area contributed by atoms with E-state index < -0.39 is 21.9 Å². The largest absolute Gasteiger partial charge is 0.508 e. The van der Waals surface area contributed by atoms with Gasteiger partial charge in [-0.2, -0.15) is 0 Å². The number of nitrogens with one attached hydrogen (secondary N) is 6. The molecule has 26 nitrogen and oxygen atoms in total. The molecule has 9 N–H and O–H groups in total. The number of amides is 5. The van der Waals surface area contributed by atoms with Crippen molar-refractivity contribution >= 4 is 209 Å². The number of rotatable bonds is 24. The molecule has 143 heavy (non-hydrogen) atoms. The van der Waals surface area contributed by atoms with E-state index >= 15 is 0 Å². The third-order valence-corrected chi connectivity index (χ3v) is 28.8. The topological polar surface area (TPSA) is 364 Å². The number of carboxylic acids is 1. The summed E-state index contributed by atoms with van der Waals surface area (Å²) in [5, 5.41) is 47.6. The Kier molecular flexibility index (Phi) is 37.4. The number of benzene rings is 12. The molecule has 4 aromatic heterocycles. The van der Waals surface area contributed by atoms with Crippen LogP contribution in [0.2, 0.25) is 15.1 Å². The third kappa shape index (κ3) is 29.0. The maximum Gasteiger partial charge on any atom is 0.336 e. The van der Waals surface area contributed by atoms with Crippen LogP contribution in [0.5, 0.6) is 28.9 Å². The van der Waals surface area contributed by atoms with Crippen LogP contribution in [0.25, 0.3) is 36.9 Å². The number of hydrogen-bond donors (Lipinski definition) is 9. The van der Waals surface area contributed by atoms with Gasteiger partial charge in [-0.05, 0) is 241 Å². The number of anilines is 4. The van der Waals surface area contributed by atoms with Gasteiger partial charge in [0.2, 0.25) is 5.88 Å². The molecule has 1 saturated heterocycles. The van der Waals surface area contributed by atoms with Crippen LogP contribution < -0.4 is 45.5 Å². The second kappa shape index (κ2) is 50.4. The summed E-state index contributed by atoms with van der Waals surface area (Å²) in [5.41, 5.74) is 12.2. The van der Waals surface area contributed by atoms with Crippen molar-refractivity contribution in [1.29, 1.82) is 0 Å². The van der Waals surface area contributed by atoms with Gasteiger partial charge in [-0.1, -0.05) is 212 Å². The first-order valence-corrected chi connectivity index (χ1v) is 50.7. The normalized spacial score (nSPS) is 13.8. The number of aromatic carboxylic acids is 1. The summed E-state index contributed by atoms with van der Waals surface area (Å²) in [4.78, 5) is 97.2. The molecule has 0 spiro atoms. The van der Waals surface area contributed by atoms with Crippen LogP contribution in [-0.4, -0.2) is 121 Å². The van der Waals surface area contributed by atoms with Gasteiger partial charge in [0.1, 0.15) is 43.5 Å². The minimum atomic E-state index is -3.85. The summed E-state index contributed by atoms with van der Waals surface area (Å²) in [6.07, 6.45) is 7.29. The first-order chi connectivity index (χ1) is 68.8. The second-order valence-electron chi connectivity index (χ2n) is 32.0. The van der Waals surface area contributed by atoms with Crippen molar-refractivity contribution in [3.8, 4) is 39.4 Å². The summed E-state index contributed by atoms with van der Waals surface area (Å²) >= 11 is 30.1. The van der Waals surface area contributed by atoms with Gasteiger partial charge < -0.3 is 50.8 Å². The number of aliphatic imine (C=N–C) groups is 1. The van der Waals surface area contributed by atoms with E-state index in [0.29, 0.717) is 88.4 Å². The number of sulfonamides is 1. The van der Waals surface area contributed by atoms with E-state index in [1.54, 1.807) is 127 Å². The number of halogens is 4. The molecule has 2 aliphatic rings. The lowest BCUT2D eigenvalue weighted by molar-refractivity contribution is -0.122. The smallest absolute Gasteiger partial charge is 0.336 e. The Hall–Kier alpha value is -14.3. The maximum absolute atomic E-state index is 12.5. The van der Waals surface area contributed by atoms with Gasteiger partial charge in [-0.3, -0.25) is 48.9 Å². The fraction of sp³-hybridized carbons (Fsp3) is 0.130. The van der Waals surface area contributed by atoms with Crippen molar-refractivity contribution in [3.05, 3.63) is 406 Å². The zero-order valence-electron chi connectivity index (χ0n) is 77.8. The van der Waals surface area contributed by atoms with Crippen LogP contribution in [0.1, 0.15) is 129 Å². The number of thiophene rings is 1. The zero-order valence-corrected chi connectivity index (χ0v) is 86.3. The van der Waals surface area contributed by atoms with E-state index in [1.165, 1.54) is 91.7 Å². The number of carboxylic acid groups (broad SMARTS) is 1. The highest BCUT2D eigenvalue weighted by Crippen LogP contribution is 2.42. The number of methoxy groups -OCH3 is 3. The molecule has 0 bridgehead atoms. The van der Waals surface area contributed by atoms with Crippen LogP contribution >= 0.6 is 104 Å². The monoisotopic (exact) mass is 2170 g/mol. The molecule has 0 radical (unpaired) electrons. The number of hydrogen-bond acceptors (Lipinski definition) is 23. The molecule has 35 heteroatoms. The Morgan fingerprint density at radius 2 is 1.23 bits per heavy atom. The molecular formula is C108H94Cl3IN12O14S5. The molecule has 2 unspecified atom stereocenters. The fourth-order valence-corrected chi connectivity index (χ4v) is 20.2. The molecule has 12 aromatic carbocycles. The number of fused-ring (bicyclic) bond motifs is 2. The number of ether oxygens (including phenoxy) is 3. The van der Waals surface area contributed by atoms with Gasteiger partial charge in [-0.25, -0.2) is 28.2 Å². The highest BCUT2D eigenvalue weighted by molar-refractivity contribution is 14.1. The van der Waals surface area contributed by atoms with Crippen molar-refractivity contribution in [2.24, 2.45) is 4.99 Å². The summed E-state index contributed by atoms with van der Waals surface area (Å²) < 4.78 is 46.3. The summed E-state index contributed by atoms with van der Waals surface area (Å²) in [6.45, 7) is 9.10. The highest BCUT2D eigenvalue weighted by atomic mass is 127. The lowest BCUT2D eigenvalue weighted by Gasteiger charge is -2.38. The Bertz CT molecular complexity index is 7470.